The van der Waals surface area contributed by atoms with E-state index in [2.05, 4.69) is 16.8 Å². The van der Waals surface area contributed by atoms with Gasteiger partial charge in [-0.05, 0) is 12.5 Å². The first kappa shape index (κ1) is 19.9. The van der Waals surface area contributed by atoms with Gasteiger partial charge < -0.3 is 5.32 Å². The Hall–Kier alpha value is -1.14. The maximum absolute atomic E-state index is 11.0. The minimum absolute atomic E-state index is 0. The molecule has 118 valence electrons. The minimum Gasteiger partial charge on any atom is -0.314 e. The van der Waals surface area contributed by atoms with E-state index in [0.29, 0.717) is 5.56 Å². The molecule has 1 atom stereocenters. The summed E-state index contributed by atoms with van der Waals surface area (Å²) in [5.74, 6) is 0. The maximum atomic E-state index is 11.0. The van der Waals surface area contributed by atoms with Crippen molar-refractivity contribution < 1.29 is 4.92 Å². The molecule has 1 fully saturated rings. The summed E-state index contributed by atoms with van der Waals surface area (Å²) in [6.07, 6.45) is 1.86. The van der Waals surface area contributed by atoms with Crippen LogP contribution in [-0.4, -0.2) is 36.0 Å². The molecule has 1 aliphatic rings. The number of benzene rings is 1. The van der Waals surface area contributed by atoms with Crippen molar-refractivity contribution in [2.24, 2.45) is 0 Å². The lowest BCUT2D eigenvalue weighted by atomic mass is 10.0. The normalized spacial score (nSPS) is 16.2. The van der Waals surface area contributed by atoms with Crippen LogP contribution in [0.3, 0.4) is 0 Å². The third-order valence-corrected chi connectivity index (χ3v) is 3.54. The molecule has 1 N–H and O–H groups in total. The van der Waals surface area contributed by atoms with Crippen LogP contribution in [0.4, 0.5) is 5.69 Å². The Balaban J connectivity index is 0.00000200. The molecule has 5 nitrogen and oxygen atoms in total. The van der Waals surface area contributed by atoms with Crippen LogP contribution < -0.4 is 5.32 Å². The Morgan fingerprint density at radius 1 is 1.38 bits per heavy atom. The van der Waals surface area contributed by atoms with Gasteiger partial charge in [0.15, 0.2) is 0 Å². The van der Waals surface area contributed by atoms with Crippen molar-refractivity contribution in [3.8, 4) is 0 Å². The number of hydrogen-bond acceptors (Lipinski definition) is 4. The fourth-order valence-corrected chi connectivity index (χ4v) is 2.46. The first-order valence-electron chi connectivity index (χ1n) is 6.45. The number of halogens is 2. The summed E-state index contributed by atoms with van der Waals surface area (Å²) in [7, 11) is 0. The zero-order chi connectivity index (χ0) is 13.8. The molecule has 1 aliphatic heterocycles. The van der Waals surface area contributed by atoms with Crippen LogP contribution in [0.2, 0.25) is 0 Å². The number of nitro groups is 1. The number of aryl methyl sites for hydroxylation is 1. The van der Waals surface area contributed by atoms with E-state index in [0.717, 1.165) is 31.7 Å². The third-order valence-electron chi connectivity index (χ3n) is 3.54. The lowest BCUT2D eigenvalue weighted by Gasteiger charge is -2.33. The largest absolute Gasteiger partial charge is 0.314 e. The number of nitro benzene ring substituents is 1. The van der Waals surface area contributed by atoms with E-state index in [4.69, 9.17) is 0 Å². The Bertz CT molecular complexity index is 491. The molecule has 1 heterocycles. The second-order valence-corrected chi connectivity index (χ2v) is 4.77. The number of piperazine rings is 1. The monoisotopic (exact) mass is 333 g/mol. The highest BCUT2D eigenvalue weighted by molar-refractivity contribution is 5.85. The average Bonchev–Trinajstić information content (AvgIpc) is 2.42. The van der Waals surface area contributed by atoms with E-state index < -0.39 is 0 Å². The van der Waals surface area contributed by atoms with Gasteiger partial charge in [0.05, 0.1) is 11.0 Å². The van der Waals surface area contributed by atoms with Crippen LogP contribution in [0, 0.1) is 17.0 Å². The SMILES string of the molecule is C=C[C@@H](c1ccc(C)c([N+](=O)[O-])c1)N1CCNCC1.Cl.Cl. The molecular weight excluding hydrogens is 313 g/mol. The van der Waals surface area contributed by atoms with Gasteiger partial charge in [0, 0.05) is 37.8 Å². The molecule has 0 aliphatic carbocycles. The number of nitrogens with one attached hydrogen (secondary N) is 1. The summed E-state index contributed by atoms with van der Waals surface area (Å²) in [6, 6.07) is 5.48. The van der Waals surface area contributed by atoms with Gasteiger partial charge in [-0.3, -0.25) is 15.0 Å². The lowest BCUT2D eigenvalue weighted by molar-refractivity contribution is -0.385. The Morgan fingerprint density at radius 3 is 2.52 bits per heavy atom. The Morgan fingerprint density at radius 2 is 2.00 bits per heavy atom. The van der Waals surface area contributed by atoms with Crippen LogP contribution in [0.5, 0.6) is 0 Å². The summed E-state index contributed by atoms with van der Waals surface area (Å²) in [5.41, 5.74) is 1.81. The van der Waals surface area contributed by atoms with Crippen molar-refractivity contribution in [2.45, 2.75) is 13.0 Å². The molecule has 0 amide bonds. The molecule has 1 aromatic rings. The summed E-state index contributed by atoms with van der Waals surface area (Å²) < 4.78 is 0. The van der Waals surface area contributed by atoms with E-state index in [-0.39, 0.29) is 41.5 Å². The molecule has 0 bridgehead atoms. The summed E-state index contributed by atoms with van der Waals surface area (Å²) in [6.45, 7) is 9.38. The fourth-order valence-electron chi connectivity index (χ4n) is 2.46. The van der Waals surface area contributed by atoms with Crippen molar-refractivity contribution >= 4 is 30.5 Å². The van der Waals surface area contributed by atoms with Gasteiger partial charge in [-0.2, -0.15) is 0 Å². The minimum atomic E-state index is -0.323. The highest BCUT2D eigenvalue weighted by atomic mass is 35.5. The summed E-state index contributed by atoms with van der Waals surface area (Å²) in [5, 5.41) is 14.3. The van der Waals surface area contributed by atoms with Crippen LogP contribution in [0.1, 0.15) is 17.2 Å². The molecule has 0 radical (unpaired) electrons. The second-order valence-electron chi connectivity index (χ2n) is 4.77. The number of rotatable bonds is 4. The quantitative estimate of drug-likeness (QED) is 0.523. The van der Waals surface area contributed by atoms with Crippen LogP contribution >= 0.6 is 24.8 Å². The Kier molecular flexibility index (Phi) is 8.51. The van der Waals surface area contributed by atoms with Gasteiger partial charge in [-0.25, -0.2) is 0 Å². The average molecular weight is 334 g/mol. The van der Waals surface area contributed by atoms with Crippen molar-refractivity contribution in [1.82, 2.24) is 10.2 Å². The Labute approximate surface area is 137 Å². The fraction of sp³-hybridized carbons (Fsp3) is 0.429. The zero-order valence-electron chi connectivity index (χ0n) is 11.9. The highest BCUT2D eigenvalue weighted by Crippen LogP contribution is 2.27. The van der Waals surface area contributed by atoms with E-state index >= 15 is 0 Å². The molecular formula is C14H21Cl2N3O2. The van der Waals surface area contributed by atoms with Crippen molar-refractivity contribution in [3.63, 3.8) is 0 Å². The van der Waals surface area contributed by atoms with E-state index in [9.17, 15) is 10.1 Å². The van der Waals surface area contributed by atoms with Gasteiger partial charge in [0.2, 0.25) is 0 Å². The van der Waals surface area contributed by atoms with E-state index in [1.165, 1.54) is 0 Å². The zero-order valence-corrected chi connectivity index (χ0v) is 13.6. The van der Waals surface area contributed by atoms with Crippen molar-refractivity contribution in [2.75, 3.05) is 26.2 Å². The standard InChI is InChI=1S/C14H19N3O2.2ClH/c1-3-13(16-8-6-15-7-9-16)12-5-4-11(2)14(10-12)17(18)19;;/h3-5,10,13,15H,1,6-9H2,2H3;2*1H/t13-;;/m0../s1. The van der Waals surface area contributed by atoms with Crippen LogP contribution in [0.15, 0.2) is 30.9 Å². The van der Waals surface area contributed by atoms with Gasteiger partial charge in [0.25, 0.3) is 5.69 Å². The van der Waals surface area contributed by atoms with E-state index in [1.54, 1.807) is 13.0 Å². The molecule has 0 aromatic heterocycles. The van der Waals surface area contributed by atoms with E-state index in [1.807, 2.05) is 18.2 Å². The number of nitrogens with zero attached hydrogens (tertiary/aromatic N) is 2. The van der Waals surface area contributed by atoms with Crippen LogP contribution in [0.25, 0.3) is 0 Å². The first-order chi connectivity index (χ1) is 9.13. The molecule has 21 heavy (non-hydrogen) atoms. The molecule has 2 rings (SSSR count). The lowest BCUT2D eigenvalue weighted by Crippen LogP contribution is -2.44. The highest BCUT2D eigenvalue weighted by Gasteiger charge is 2.21. The van der Waals surface area contributed by atoms with Gasteiger partial charge >= 0.3 is 0 Å². The summed E-state index contributed by atoms with van der Waals surface area (Å²) in [4.78, 5) is 13.0. The van der Waals surface area contributed by atoms with Crippen molar-refractivity contribution in [3.05, 3.63) is 52.1 Å². The smallest absolute Gasteiger partial charge is 0.272 e. The predicted octanol–water partition coefficient (Wildman–Crippen LogP) is 2.88. The summed E-state index contributed by atoms with van der Waals surface area (Å²) >= 11 is 0. The topological polar surface area (TPSA) is 58.4 Å². The van der Waals surface area contributed by atoms with Gasteiger partial charge in [-0.1, -0.05) is 18.2 Å². The number of hydrogen-bond donors (Lipinski definition) is 1. The molecule has 1 aromatic carbocycles. The van der Waals surface area contributed by atoms with Crippen molar-refractivity contribution in [1.29, 1.82) is 0 Å². The molecule has 0 unspecified atom stereocenters. The van der Waals surface area contributed by atoms with Gasteiger partial charge in [0.1, 0.15) is 0 Å². The molecule has 0 spiro atoms. The molecule has 1 saturated heterocycles. The second kappa shape index (κ2) is 9.00. The van der Waals surface area contributed by atoms with Gasteiger partial charge in [-0.15, -0.1) is 31.4 Å². The third kappa shape index (κ3) is 4.68. The van der Waals surface area contributed by atoms with Crippen LogP contribution in [-0.2, 0) is 0 Å². The maximum Gasteiger partial charge on any atom is 0.272 e. The molecule has 7 heteroatoms. The molecule has 0 saturated carbocycles. The first-order valence-corrected chi connectivity index (χ1v) is 6.45. The predicted molar refractivity (Wildman–Crippen MR) is 89.7 cm³/mol.